The first kappa shape index (κ1) is 17.6. The van der Waals surface area contributed by atoms with Gasteiger partial charge in [0.15, 0.2) is 11.6 Å². The number of rotatable bonds is 5. The molecule has 2 aromatic carbocycles. The summed E-state index contributed by atoms with van der Waals surface area (Å²) in [6, 6.07) is 10.9. The lowest BCUT2D eigenvalue weighted by molar-refractivity contribution is 0.397. The molecule has 3 rings (SSSR count). The third-order valence-corrected chi connectivity index (χ3v) is 4.36. The number of benzene rings is 2. The van der Waals surface area contributed by atoms with E-state index in [4.69, 9.17) is 0 Å². The highest BCUT2D eigenvalue weighted by molar-refractivity contribution is 8.00. The van der Waals surface area contributed by atoms with Crippen molar-refractivity contribution in [1.82, 2.24) is 9.88 Å². The predicted molar refractivity (Wildman–Crippen MR) is 94.9 cm³/mol. The van der Waals surface area contributed by atoms with Gasteiger partial charge in [-0.1, -0.05) is 18.2 Å². The van der Waals surface area contributed by atoms with Crippen LogP contribution in [0.3, 0.4) is 0 Å². The molecule has 0 atom stereocenters. The van der Waals surface area contributed by atoms with Gasteiger partial charge < -0.3 is 9.62 Å². The molecule has 0 aliphatic rings. The quantitative estimate of drug-likeness (QED) is 0.519. The minimum Gasteiger partial charge on any atom is -0.324 e. The van der Waals surface area contributed by atoms with E-state index in [0.717, 1.165) is 34.6 Å². The molecule has 1 heterocycles. The van der Waals surface area contributed by atoms with Crippen molar-refractivity contribution < 1.29 is 13.2 Å². The lowest BCUT2D eigenvalue weighted by Crippen LogP contribution is -2.11. The maximum absolute atomic E-state index is 13.8. The van der Waals surface area contributed by atoms with Gasteiger partial charge in [-0.15, -0.1) is 0 Å². The van der Waals surface area contributed by atoms with Crippen LogP contribution in [0, 0.1) is 17.5 Å². The second kappa shape index (κ2) is 7.33. The van der Waals surface area contributed by atoms with Crippen molar-refractivity contribution >= 4 is 28.5 Å². The van der Waals surface area contributed by atoms with Gasteiger partial charge in [0.25, 0.3) is 0 Å². The summed E-state index contributed by atoms with van der Waals surface area (Å²) in [4.78, 5) is 6.62. The van der Waals surface area contributed by atoms with Gasteiger partial charge in [0, 0.05) is 18.0 Å². The zero-order valence-electron chi connectivity index (χ0n) is 13.7. The van der Waals surface area contributed by atoms with Crippen LogP contribution in [0.5, 0.6) is 0 Å². The summed E-state index contributed by atoms with van der Waals surface area (Å²) in [5, 5.41) is 0.930. The van der Waals surface area contributed by atoms with Crippen LogP contribution in [0.15, 0.2) is 47.4 Å². The maximum Gasteiger partial charge on any atom is 0.161 e. The number of nitrogens with zero attached hydrogens (tertiary/aromatic N) is 2. The highest BCUT2D eigenvalue weighted by Crippen LogP contribution is 2.29. The predicted octanol–water partition coefficient (Wildman–Crippen LogP) is 4.83. The Labute approximate surface area is 148 Å². The average Bonchev–Trinajstić information content (AvgIpc) is 2.56. The largest absolute Gasteiger partial charge is 0.324 e. The van der Waals surface area contributed by atoms with Gasteiger partial charge in [0.1, 0.15) is 5.82 Å². The molecule has 0 saturated carbocycles. The van der Waals surface area contributed by atoms with Gasteiger partial charge >= 0.3 is 0 Å². The number of nitrogens with one attached hydrogen (secondary N) is 1. The lowest BCUT2D eigenvalue weighted by Gasteiger charge is -2.12. The molecule has 1 N–H and O–H groups in total. The topological polar surface area (TPSA) is 28.2 Å². The number of hydrogen-bond acceptors (Lipinski definition) is 4. The molecule has 0 bridgehead atoms. The summed E-state index contributed by atoms with van der Waals surface area (Å²) in [6.07, 6.45) is 0. The SMILES string of the molecule is CN(C)Cc1ccc2cccc(NSc3cc(F)c(F)cc3F)c2n1. The summed E-state index contributed by atoms with van der Waals surface area (Å²) < 4.78 is 43.1. The molecule has 0 spiro atoms. The Bertz CT molecular complexity index is 915. The van der Waals surface area contributed by atoms with Crippen LogP contribution in [0.25, 0.3) is 10.9 Å². The molecule has 130 valence electrons. The van der Waals surface area contributed by atoms with Crippen molar-refractivity contribution in [3.63, 3.8) is 0 Å². The molecule has 0 fully saturated rings. The van der Waals surface area contributed by atoms with E-state index in [-0.39, 0.29) is 4.90 Å². The van der Waals surface area contributed by atoms with Crippen molar-refractivity contribution in [2.75, 3.05) is 18.8 Å². The minimum absolute atomic E-state index is 0.0275. The van der Waals surface area contributed by atoms with Crippen LogP contribution in [-0.2, 0) is 6.54 Å². The van der Waals surface area contributed by atoms with Crippen LogP contribution < -0.4 is 4.72 Å². The molecule has 3 aromatic rings. The summed E-state index contributed by atoms with van der Waals surface area (Å²) in [5.74, 6) is -3.12. The van der Waals surface area contributed by atoms with E-state index in [2.05, 4.69) is 9.71 Å². The van der Waals surface area contributed by atoms with Gasteiger partial charge in [-0.2, -0.15) is 0 Å². The fraction of sp³-hybridized carbons (Fsp3) is 0.167. The Morgan fingerprint density at radius 2 is 1.76 bits per heavy atom. The molecular weight excluding hydrogens is 347 g/mol. The summed E-state index contributed by atoms with van der Waals surface area (Å²) in [7, 11) is 3.91. The number of aromatic nitrogens is 1. The van der Waals surface area contributed by atoms with Gasteiger partial charge in [-0.3, -0.25) is 0 Å². The number of para-hydroxylation sites is 1. The minimum atomic E-state index is -1.21. The first-order chi connectivity index (χ1) is 11.9. The van der Waals surface area contributed by atoms with Crippen LogP contribution >= 0.6 is 11.9 Å². The van der Waals surface area contributed by atoms with Gasteiger partial charge in [0.2, 0.25) is 0 Å². The zero-order valence-corrected chi connectivity index (χ0v) is 14.5. The van der Waals surface area contributed by atoms with E-state index in [9.17, 15) is 13.2 Å². The molecule has 0 aliphatic carbocycles. The maximum atomic E-state index is 13.8. The van der Waals surface area contributed by atoms with Gasteiger partial charge in [-0.05, 0) is 44.2 Å². The van der Waals surface area contributed by atoms with E-state index in [1.54, 1.807) is 6.07 Å². The standard InChI is InChI=1S/C18H16F3N3S/c1-24(2)10-12-7-6-11-4-3-5-16(18(11)22-12)23-25-17-9-14(20)13(19)8-15(17)21/h3-9,23H,10H2,1-2H3. The smallest absolute Gasteiger partial charge is 0.161 e. The molecule has 7 heteroatoms. The Kier molecular flexibility index (Phi) is 5.15. The van der Waals surface area contributed by atoms with E-state index in [0.29, 0.717) is 18.3 Å². The molecule has 0 saturated heterocycles. The summed E-state index contributed by atoms with van der Waals surface area (Å²) in [6.45, 7) is 0.690. The number of hydrogen-bond donors (Lipinski definition) is 1. The lowest BCUT2D eigenvalue weighted by atomic mass is 10.2. The molecule has 0 radical (unpaired) electrons. The van der Waals surface area contributed by atoms with Crippen LogP contribution in [0.1, 0.15) is 5.69 Å². The molecule has 0 aliphatic heterocycles. The van der Waals surface area contributed by atoms with Crippen molar-refractivity contribution in [1.29, 1.82) is 0 Å². The summed E-state index contributed by atoms with van der Waals surface area (Å²) in [5.41, 5.74) is 2.31. The second-order valence-corrected chi connectivity index (χ2v) is 6.67. The zero-order chi connectivity index (χ0) is 18.0. The van der Waals surface area contributed by atoms with Crippen molar-refractivity contribution in [3.05, 3.63) is 65.6 Å². The Hall–Kier alpha value is -2.25. The Balaban J connectivity index is 1.89. The van der Waals surface area contributed by atoms with Crippen molar-refractivity contribution in [2.24, 2.45) is 0 Å². The number of halogens is 3. The first-order valence-electron chi connectivity index (χ1n) is 7.55. The van der Waals surface area contributed by atoms with E-state index >= 15 is 0 Å². The fourth-order valence-corrected chi connectivity index (χ4v) is 3.08. The molecular formula is C18H16F3N3S. The van der Waals surface area contributed by atoms with Gasteiger partial charge in [0.05, 0.1) is 21.8 Å². The molecule has 0 unspecified atom stereocenters. The number of pyridine rings is 1. The Morgan fingerprint density at radius 3 is 2.52 bits per heavy atom. The van der Waals surface area contributed by atoms with Crippen LogP contribution in [0.2, 0.25) is 0 Å². The van der Waals surface area contributed by atoms with E-state index in [1.807, 2.05) is 43.3 Å². The molecule has 25 heavy (non-hydrogen) atoms. The van der Waals surface area contributed by atoms with Crippen molar-refractivity contribution in [3.8, 4) is 0 Å². The third kappa shape index (κ3) is 4.05. The summed E-state index contributed by atoms with van der Waals surface area (Å²) >= 11 is 0.876. The number of fused-ring (bicyclic) bond motifs is 1. The third-order valence-electron chi connectivity index (χ3n) is 3.50. The highest BCUT2D eigenvalue weighted by Gasteiger charge is 2.12. The average molecular weight is 363 g/mol. The molecule has 1 aromatic heterocycles. The Morgan fingerprint density at radius 1 is 1.00 bits per heavy atom. The second-order valence-electron chi connectivity index (χ2n) is 5.82. The number of anilines is 1. The molecule has 0 amide bonds. The van der Waals surface area contributed by atoms with Crippen molar-refractivity contribution in [2.45, 2.75) is 11.4 Å². The highest BCUT2D eigenvalue weighted by atomic mass is 32.2. The monoisotopic (exact) mass is 363 g/mol. The van der Waals surface area contributed by atoms with Crippen LogP contribution in [0.4, 0.5) is 18.9 Å². The first-order valence-corrected chi connectivity index (χ1v) is 8.36. The normalized spacial score (nSPS) is 11.3. The van der Waals surface area contributed by atoms with Gasteiger partial charge in [-0.25, -0.2) is 18.2 Å². The van der Waals surface area contributed by atoms with Crippen LogP contribution in [-0.4, -0.2) is 24.0 Å². The fourth-order valence-electron chi connectivity index (χ4n) is 2.37. The van der Waals surface area contributed by atoms with E-state index < -0.39 is 17.5 Å². The van der Waals surface area contributed by atoms with E-state index in [1.165, 1.54) is 0 Å². The molecule has 3 nitrogen and oxygen atoms in total.